The standard InChI is InChI=1S/C31H43N3O7S/c1-20(2)18-34(42(37,38)24-12-10-22(32)11-13-24)19-28(35)27(15-21-7-4-3-5-8-21)33-31(36)40-23-16-26-25-9-6-14-39-30(25)41-29(26)17-23/h3-5,7-8,10-13,20,23,25-30,35H,6,9,14-19,32H2,1-2H3,(H,33,36)/t23-,25?,26-,27-,28+,29-,30?/m0/s1. The minimum atomic E-state index is -3.93. The molecule has 11 heteroatoms. The van der Waals surface area contributed by atoms with Gasteiger partial charge in [0.2, 0.25) is 10.0 Å². The van der Waals surface area contributed by atoms with Crippen LogP contribution in [0.25, 0.3) is 0 Å². The molecule has 3 aliphatic rings. The lowest BCUT2D eigenvalue weighted by Crippen LogP contribution is -2.51. The van der Waals surface area contributed by atoms with Crippen molar-refractivity contribution in [1.82, 2.24) is 9.62 Å². The average molecular weight is 602 g/mol. The lowest BCUT2D eigenvalue weighted by atomic mass is 9.86. The Morgan fingerprint density at radius 1 is 1.10 bits per heavy atom. The number of anilines is 1. The molecular weight excluding hydrogens is 558 g/mol. The van der Waals surface area contributed by atoms with Crippen LogP contribution in [0.5, 0.6) is 0 Å². The smallest absolute Gasteiger partial charge is 0.407 e. The Hall–Kier alpha value is -2.70. The summed E-state index contributed by atoms with van der Waals surface area (Å²) in [6.45, 7) is 4.55. The van der Waals surface area contributed by atoms with E-state index in [1.54, 1.807) is 0 Å². The van der Waals surface area contributed by atoms with Crippen molar-refractivity contribution in [3.63, 3.8) is 0 Å². The van der Waals surface area contributed by atoms with E-state index >= 15 is 0 Å². The van der Waals surface area contributed by atoms with Gasteiger partial charge in [0, 0.05) is 37.7 Å². The maximum Gasteiger partial charge on any atom is 0.407 e. The van der Waals surface area contributed by atoms with Gasteiger partial charge in [0.05, 0.1) is 23.1 Å². The highest BCUT2D eigenvalue weighted by atomic mass is 32.2. The number of fused-ring (bicyclic) bond motifs is 3. The first-order valence-corrected chi connectivity index (χ1v) is 16.4. The van der Waals surface area contributed by atoms with E-state index in [4.69, 9.17) is 19.9 Å². The average Bonchev–Trinajstić information content (AvgIpc) is 3.50. The number of carbonyl (C=O) groups excluding carboxylic acids is 1. The summed E-state index contributed by atoms with van der Waals surface area (Å²) in [5.74, 6) is 0.648. The van der Waals surface area contributed by atoms with Crippen LogP contribution in [0.1, 0.15) is 45.1 Å². The number of ether oxygens (including phenoxy) is 3. The fraction of sp³-hybridized carbons (Fsp3) is 0.581. The predicted octanol–water partition coefficient (Wildman–Crippen LogP) is 3.54. The number of nitrogens with two attached hydrogens (primary N) is 1. The van der Waals surface area contributed by atoms with Crippen LogP contribution in [-0.4, -0.2) is 74.3 Å². The zero-order chi connectivity index (χ0) is 29.9. The van der Waals surface area contributed by atoms with E-state index < -0.39 is 28.3 Å². The van der Waals surface area contributed by atoms with Crippen LogP contribution in [0.15, 0.2) is 59.5 Å². The number of benzene rings is 2. The first kappa shape index (κ1) is 30.7. The molecule has 3 fully saturated rings. The Morgan fingerprint density at radius 2 is 1.83 bits per heavy atom. The molecule has 0 spiro atoms. The summed E-state index contributed by atoms with van der Waals surface area (Å²) in [6, 6.07) is 14.7. The number of amides is 1. The highest BCUT2D eigenvalue weighted by Crippen LogP contribution is 2.47. The van der Waals surface area contributed by atoms with Gasteiger partial charge in [-0.15, -0.1) is 0 Å². The third kappa shape index (κ3) is 7.26. The van der Waals surface area contributed by atoms with Crippen molar-refractivity contribution in [3.8, 4) is 0 Å². The fourth-order valence-corrected chi connectivity index (χ4v) is 8.11. The Morgan fingerprint density at radius 3 is 2.55 bits per heavy atom. The molecule has 2 unspecified atom stereocenters. The minimum Gasteiger partial charge on any atom is -0.446 e. The second kappa shape index (κ2) is 13.3. The molecule has 10 nitrogen and oxygen atoms in total. The topological polar surface area (TPSA) is 140 Å². The molecule has 0 aromatic heterocycles. The van der Waals surface area contributed by atoms with E-state index in [0.29, 0.717) is 30.4 Å². The number of nitrogens with zero attached hydrogens (tertiary/aromatic N) is 1. The van der Waals surface area contributed by atoms with Crippen molar-refractivity contribution in [2.45, 2.75) is 81.5 Å². The fourth-order valence-electron chi connectivity index (χ4n) is 6.49. The number of hydrogen-bond acceptors (Lipinski definition) is 8. The maximum absolute atomic E-state index is 13.6. The number of aliphatic hydroxyl groups excluding tert-OH is 1. The Balaban J connectivity index is 1.27. The van der Waals surface area contributed by atoms with Crippen LogP contribution >= 0.6 is 0 Å². The molecule has 5 rings (SSSR count). The van der Waals surface area contributed by atoms with E-state index in [1.165, 1.54) is 28.6 Å². The minimum absolute atomic E-state index is 0.00412. The Kier molecular flexibility index (Phi) is 9.74. The van der Waals surface area contributed by atoms with Crippen molar-refractivity contribution < 1.29 is 32.5 Å². The van der Waals surface area contributed by atoms with Gasteiger partial charge in [0.25, 0.3) is 0 Å². The Bertz CT molecular complexity index is 1290. The molecule has 2 aromatic carbocycles. The van der Waals surface area contributed by atoms with Crippen molar-refractivity contribution in [3.05, 3.63) is 60.2 Å². The molecule has 1 amide bonds. The van der Waals surface area contributed by atoms with E-state index in [0.717, 1.165) is 31.4 Å². The molecule has 2 saturated heterocycles. The SMILES string of the molecule is CC(C)CN(C[C@@H](O)[C@H](Cc1ccccc1)NC(=O)O[C@@H]1C[C@@H]2OC3OCCCC3[C@@H]2C1)S(=O)(=O)c1ccc(N)cc1. The van der Waals surface area contributed by atoms with Gasteiger partial charge < -0.3 is 30.4 Å². The predicted molar refractivity (Wildman–Crippen MR) is 158 cm³/mol. The number of carbonyl (C=O) groups is 1. The third-order valence-electron chi connectivity index (χ3n) is 8.50. The number of nitrogens with one attached hydrogen (secondary N) is 1. The summed E-state index contributed by atoms with van der Waals surface area (Å²) in [7, 11) is -3.93. The quantitative estimate of drug-likeness (QED) is 0.332. The van der Waals surface area contributed by atoms with Crippen molar-refractivity contribution in [1.29, 1.82) is 0 Å². The summed E-state index contributed by atoms with van der Waals surface area (Å²) in [4.78, 5) is 13.3. The van der Waals surface area contributed by atoms with Crippen LogP contribution in [0, 0.1) is 17.8 Å². The zero-order valence-corrected chi connectivity index (χ0v) is 25.1. The van der Waals surface area contributed by atoms with E-state index in [1.807, 2.05) is 44.2 Å². The molecule has 7 atom stereocenters. The highest BCUT2D eigenvalue weighted by molar-refractivity contribution is 7.89. The van der Waals surface area contributed by atoms with Crippen LogP contribution in [0.4, 0.5) is 10.5 Å². The lowest BCUT2D eigenvalue weighted by molar-refractivity contribution is -0.170. The Labute approximate surface area is 248 Å². The number of hydrogen-bond donors (Lipinski definition) is 3. The summed E-state index contributed by atoms with van der Waals surface area (Å²) < 4.78 is 46.2. The third-order valence-corrected chi connectivity index (χ3v) is 10.3. The molecule has 0 radical (unpaired) electrons. The van der Waals surface area contributed by atoms with Gasteiger partial charge in [-0.1, -0.05) is 44.2 Å². The molecule has 4 N–H and O–H groups in total. The molecule has 1 aliphatic carbocycles. The van der Waals surface area contributed by atoms with Crippen LogP contribution in [0.2, 0.25) is 0 Å². The van der Waals surface area contributed by atoms with Crippen molar-refractivity contribution >= 4 is 21.8 Å². The van der Waals surface area contributed by atoms with E-state index in [-0.39, 0.29) is 42.4 Å². The number of alkyl carbamates (subject to hydrolysis) is 1. The summed E-state index contributed by atoms with van der Waals surface area (Å²) in [5, 5.41) is 14.3. The monoisotopic (exact) mass is 601 g/mol. The molecule has 1 saturated carbocycles. The van der Waals surface area contributed by atoms with Crippen LogP contribution in [0.3, 0.4) is 0 Å². The number of sulfonamides is 1. The molecule has 2 heterocycles. The van der Waals surface area contributed by atoms with Gasteiger partial charge in [-0.2, -0.15) is 4.31 Å². The second-order valence-electron chi connectivity index (χ2n) is 12.2. The van der Waals surface area contributed by atoms with E-state index in [2.05, 4.69) is 5.32 Å². The van der Waals surface area contributed by atoms with Crippen LogP contribution < -0.4 is 11.1 Å². The normalized spacial score (nSPS) is 26.9. The zero-order valence-electron chi connectivity index (χ0n) is 24.3. The molecule has 0 bridgehead atoms. The number of nitrogen functional groups attached to an aromatic ring is 1. The first-order chi connectivity index (χ1) is 20.1. The van der Waals surface area contributed by atoms with Gasteiger partial charge >= 0.3 is 6.09 Å². The number of rotatable bonds is 11. The van der Waals surface area contributed by atoms with Gasteiger partial charge in [-0.3, -0.25) is 0 Å². The summed E-state index contributed by atoms with van der Waals surface area (Å²) >= 11 is 0. The highest BCUT2D eigenvalue weighted by Gasteiger charge is 2.52. The first-order valence-electron chi connectivity index (χ1n) is 14.9. The maximum atomic E-state index is 13.6. The van der Waals surface area contributed by atoms with Gasteiger partial charge in [-0.05, 0) is 67.3 Å². The van der Waals surface area contributed by atoms with E-state index in [9.17, 15) is 18.3 Å². The van der Waals surface area contributed by atoms with Gasteiger partial charge in [0.1, 0.15) is 6.10 Å². The molecule has 2 aromatic rings. The van der Waals surface area contributed by atoms with Crippen molar-refractivity contribution in [2.75, 3.05) is 25.4 Å². The number of aliphatic hydroxyl groups is 1. The summed E-state index contributed by atoms with van der Waals surface area (Å²) in [6.07, 6.45) is 1.45. The largest absolute Gasteiger partial charge is 0.446 e. The molecule has 2 aliphatic heterocycles. The molecule has 230 valence electrons. The van der Waals surface area contributed by atoms with Crippen molar-refractivity contribution in [2.24, 2.45) is 17.8 Å². The van der Waals surface area contributed by atoms with Gasteiger partial charge in [0.15, 0.2) is 6.29 Å². The second-order valence-corrected chi connectivity index (χ2v) is 14.1. The van der Waals surface area contributed by atoms with Crippen LogP contribution in [-0.2, 0) is 30.7 Å². The lowest BCUT2D eigenvalue weighted by Gasteiger charge is -2.31. The molecule has 42 heavy (non-hydrogen) atoms. The molecular formula is C31H43N3O7S. The summed E-state index contributed by atoms with van der Waals surface area (Å²) in [5.41, 5.74) is 7.12. The van der Waals surface area contributed by atoms with Gasteiger partial charge in [-0.25, -0.2) is 13.2 Å².